The molecule has 0 saturated carbocycles. The molecule has 3 rings (SSSR count). The Hall–Kier alpha value is -1.54. The molecule has 0 bridgehead atoms. The number of piperazine rings is 1. The number of carbonyl (C=O) groups is 2. The molecule has 2 amide bonds. The summed E-state index contributed by atoms with van der Waals surface area (Å²) in [6, 6.07) is 0.0985. The van der Waals surface area contributed by atoms with Crippen molar-refractivity contribution in [2.24, 2.45) is 7.05 Å². The number of hydrogen-bond donors (Lipinski definition) is 0. The molecule has 0 aliphatic carbocycles. The first kappa shape index (κ1) is 15.4. The fourth-order valence-corrected chi connectivity index (χ4v) is 3.78. The molecule has 1 atom stereocenters. The zero-order valence-electron chi connectivity index (χ0n) is 12.9. The third-order valence-electron chi connectivity index (χ3n) is 4.31. The molecule has 8 heteroatoms. The maximum absolute atomic E-state index is 12.5. The van der Waals surface area contributed by atoms with Crippen LogP contribution in [0.5, 0.6) is 0 Å². The molecule has 1 aromatic rings. The summed E-state index contributed by atoms with van der Waals surface area (Å²) in [4.78, 5) is 34.3. The Morgan fingerprint density at radius 2 is 2.23 bits per heavy atom. The maximum Gasteiger partial charge on any atom is 0.242 e. The minimum Gasteiger partial charge on any atom is -0.338 e. The van der Waals surface area contributed by atoms with Crippen molar-refractivity contribution in [3.8, 4) is 0 Å². The molecule has 2 fully saturated rings. The van der Waals surface area contributed by atoms with E-state index in [4.69, 9.17) is 0 Å². The average molecular weight is 323 g/mol. The lowest BCUT2D eigenvalue weighted by atomic mass is 10.1. The van der Waals surface area contributed by atoms with Gasteiger partial charge in [-0.05, 0) is 7.05 Å². The highest BCUT2D eigenvalue weighted by Crippen LogP contribution is 2.23. The van der Waals surface area contributed by atoms with E-state index in [9.17, 15) is 9.59 Å². The van der Waals surface area contributed by atoms with Crippen molar-refractivity contribution in [1.82, 2.24) is 24.3 Å². The first-order chi connectivity index (χ1) is 10.6. The highest BCUT2D eigenvalue weighted by molar-refractivity contribution is 8.00. The number of aryl methyl sites for hydroxylation is 1. The van der Waals surface area contributed by atoms with Crippen LogP contribution in [0.3, 0.4) is 0 Å². The van der Waals surface area contributed by atoms with Crippen molar-refractivity contribution in [2.45, 2.75) is 6.04 Å². The molecule has 2 aliphatic heterocycles. The van der Waals surface area contributed by atoms with Gasteiger partial charge < -0.3 is 14.4 Å². The normalized spacial score (nSPS) is 23.4. The monoisotopic (exact) mass is 323 g/mol. The van der Waals surface area contributed by atoms with Crippen molar-refractivity contribution in [1.29, 1.82) is 0 Å². The number of likely N-dealkylation sites (N-methyl/N-ethyl adjacent to an activating group) is 1. The highest BCUT2D eigenvalue weighted by atomic mass is 32.2. The van der Waals surface area contributed by atoms with Gasteiger partial charge in [0.05, 0.1) is 17.7 Å². The molecule has 120 valence electrons. The second-order valence-corrected chi connectivity index (χ2v) is 6.76. The molecule has 0 unspecified atom stereocenters. The number of aromatic nitrogens is 2. The minimum atomic E-state index is 0.0307. The number of nitrogens with zero attached hydrogens (tertiary/aromatic N) is 5. The van der Waals surface area contributed by atoms with Gasteiger partial charge in [0.1, 0.15) is 12.4 Å². The van der Waals surface area contributed by atoms with Crippen LogP contribution in [0.4, 0.5) is 0 Å². The molecule has 7 nitrogen and oxygen atoms in total. The fourth-order valence-electron chi connectivity index (χ4n) is 2.88. The van der Waals surface area contributed by atoms with Gasteiger partial charge >= 0.3 is 0 Å². The summed E-state index contributed by atoms with van der Waals surface area (Å²) in [7, 11) is 4.03. The van der Waals surface area contributed by atoms with Crippen LogP contribution in [-0.4, -0.2) is 80.9 Å². The average Bonchev–Trinajstić information content (AvgIpc) is 3.09. The summed E-state index contributed by atoms with van der Waals surface area (Å²) < 4.78 is 2.00. The van der Waals surface area contributed by atoms with Gasteiger partial charge in [-0.2, -0.15) is 0 Å². The number of rotatable bonds is 3. The van der Waals surface area contributed by atoms with E-state index in [1.807, 2.05) is 22.7 Å². The lowest BCUT2D eigenvalue weighted by Crippen LogP contribution is -2.52. The highest BCUT2D eigenvalue weighted by Gasteiger charge is 2.32. The Bertz CT molecular complexity index is 575. The van der Waals surface area contributed by atoms with Crippen molar-refractivity contribution < 1.29 is 9.59 Å². The predicted molar refractivity (Wildman–Crippen MR) is 84.2 cm³/mol. The number of carbonyl (C=O) groups excluding carboxylic acids is 2. The summed E-state index contributed by atoms with van der Waals surface area (Å²) in [5.74, 6) is 2.18. The van der Waals surface area contributed by atoms with E-state index in [1.54, 1.807) is 22.9 Å². The van der Waals surface area contributed by atoms with Crippen LogP contribution >= 0.6 is 11.8 Å². The topological polar surface area (TPSA) is 61.7 Å². The van der Waals surface area contributed by atoms with E-state index >= 15 is 0 Å². The van der Waals surface area contributed by atoms with Crippen molar-refractivity contribution in [3.05, 3.63) is 18.2 Å². The first-order valence-electron chi connectivity index (χ1n) is 7.37. The Morgan fingerprint density at radius 3 is 2.86 bits per heavy atom. The first-order valence-corrected chi connectivity index (χ1v) is 8.52. The van der Waals surface area contributed by atoms with Gasteiger partial charge in [0.25, 0.3) is 0 Å². The molecule has 22 heavy (non-hydrogen) atoms. The van der Waals surface area contributed by atoms with Crippen LogP contribution in [-0.2, 0) is 16.6 Å². The van der Waals surface area contributed by atoms with Gasteiger partial charge in [0, 0.05) is 39.1 Å². The number of amides is 2. The van der Waals surface area contributed by atoms with Crippen LogP contribution in [0, 0.1) is 0 Å². The molecule has 0 radical (unpaired) electrons. The van der Waals surface area contributed by atoms with Crippen LogP contribution in [0.2, 0.25) is 0 Å². The van der Waals surface area contributed by atoms with Crippen molar-refractivity contribution >= 4 is 23.6 Å². The van der Waals surface area contributed by atoms with Crippen molar-refractivity contribution in [3.63, 3.8) is 0 Å². The minimum absolute atomic E-state index is 0.0307. The van der Waals surface area contributed by atoms with Gasteiger partial charge in [0.2, 0.25) is 11.8 Å². The molecule has 1 aromatic heterocycles. The molecule has 2 saturated heterocycles. The van der Waals surface area contributed by atoms with Gasteiger partial charge in [-0.1, -0.05) is 0 Å². The third kappa shape index (κ3) is 2.98. The second kappa shape index (κ2) is 6.29. The number of thioether (sulfide) groups is 1. The number of imidazole rings is 1. The smallest absolute Gasteiger partial charge is 0.242 e. The summed E-state index contributed by atoms with van der Waals surface area (Å²) in [5, 5.41) is 0. The zero-order valence-corrected chi connectivity index (χ0v) is 13.8. The zero-order chi connectivity index (χ0) is 15.7. The van der Waals surface area contributed by atoms with Gasteiger partial charge in [-0.25, -0.2) is 4.98 Å². The molecular weight excluding hydrogens is 302 g/mol. The summed E-state index contributed by atoms with van der Waals surface area (Å²) >= 11 is 1.56. The summed E-state index contributed by atoms with van der Waals surface area (Å²) in [6.45, 7) is 2.33. The van der Waals surface area contributed by atoms with Crippen LogP contribution < -0.4 is 0 Å². The molecule has 3 heterocycles. The summed E-state index contributed by atoms with van der Waals surface area (Å²) in [6.07, 6.45) is 3.70. The number of hydrogen-bond acceptors (Lipinski definition) is 5. The van der Waals surface area contributed by atoms with E-state index in [0.29, 0.717) is 24.7 Å². The van der Waals surface area contributed by atoms with E-state index in [-0.39, 0.29) is 24.4 Å². The molecule has 2 aliphatic rings. The Labute approximate surface area is 134 Å². The quantitative estimate of drug-likeness (QED) is 0.769. The van der Waals surface area contributed by atoms with Gasteiger partial charge in [0.15, 0.2) is 0 Å². The van der Waals surface area contributed by atoms with Crippen LogP contribution in [0.25, 0.3) is 0 Å². The second-order valence-electron chi connectivity index (χ2n) is 5.80. The standard InChI is InChI=1S/C14H21N5O2S/c1-16-5-6-18(7-11(16)14-15-3-4-17(14)2)12(20)8-19-10-22-9-13(19)21/h3-4,11H,5-10H2,1-2H3/t11-/m1/s1. The van der Waals surface area contributed by atoms with E-state index in [0.717, 1.165) is 12.4 Å². The molecule has 0 spiro atoms. The Morgan fingerprint density at radius 1 is 1.41 bits per heavy atom. The summed E-state index contributed by atoms with van der Waals surface area (Å²) in [5.41, 5.74) is 0. The third-order valence-corrected chi connectivity index (χ3v) is 5.25. The largest absolute Gasteiger partial charge is 0.338 e. The SMILES string of the molecule is CN1CCN(C(=O)CN2CSCC2=O)C[C@@H]1c1nccn1C. The molecule has 0 N–H and O–H groups in total. The van der Waals surface area contributed by atoms with E-state index < -0.39 is 0 Å². The van der Waals surface area contributed by atoms with Crippen molar-refractivity contribution in [2.75, 3.05) is 44.9 Å². The van der Waals surface area contributed by atoms with E-state index in [1.165, 1.54) is 0 Å². The van der Waals surface area contributed by atoms with Gasteiger partial charge in [-0.15, -0.1) is 11.8 Å². The van der Waals surface area contributed by atoms with E-state index in [2.05, 4.69) is 16.9 Å². The van der Waals surface area contributed by atoms with Gasteiger partial charge in [-0.3, -0.25) is 14.5 Å². The maximum atomic E-state index is 12.5. The molecule has 0 aromatic carbocycles. The lowest BCUT2D eigenvalue weighted by molar-refractivity contribution is -0.140. The van der Waals surface area contributed by atoms with Crippen LogP contribution in [0.1, 0.15) is 11.9 Å². The Balaban J connectivity index is 1.66. The Kier molecular flexibility index (Phi) is 4.39. The predicted octanol–water partition coefficient (Wildman–Crippen LogP) is -0.232. The fraction of sp³-hybridized carbons (Fsp3) is 0.643. The molecular formula is C14H21N5O2S. The lowest BCUT2D eigenvalue weighted by Gasteiger charge is -2.39. The van der Waals surface area contributed by atoms with Crippen LogP contribution in [0.15, 0.2) is 12.4 Å².